The van der Waals surface area contributed by atoms with Crippen LogP contribution in [0, 0.1) is 11.8 Å². The minimum absolute atomic E-state index is 0.106. The zero-order valence-corrected chi connectivity index (χ0v) is 30.9. The largest absolute Gasteiger partial charge is 0.459 e. The van der Waals surface area contributed by atoms with Gasteiger partial charge in [0, 0.05) is 18.8 Å². The van der Waals surface area contributed by atoms with Crippen molar-refractivity contribution in [2.75, 3.05) is 13.1 Å². The summed E-state index contributed by atoms with van der Waals surface area (Å²) >= 11 is 0. The summed E-state index contributed by atoms with van der Waals surface area (Å²) in [4.78, 5) is 13.5. The number of carbonyl (C=O) groups excluding carboxylic acids is 1. The molecule has 1 rings (SSSR count). The molecule has 0 radical (unpaired) electrons. The monoisotopic (exact) mass is 621 g/mol. The summed E-state index contributed by atoms with van der Waals surface area (Å²) in [5.74, 6) is 0.724. The molecule has 0 aromatic heterocycles. The van der Waals surface area contributed by atoms with Crippen molar-refractivity contribution in [3.8, 4) is 0 Å². The molecule has 3 heteroatoms. The van der Waals surface area contributed by atoms with Crippen LogP contribution in [0.3, 0.4) is 0 Å². The van der Waals surface area contributed by atoms with E-state index in [9.17, 15) is 4.79 Å². The summed E-state index contributed by atoms with van der Waals surface area (Å²) < 4.78 is 6.32. The molecule has 1 aliphatic heterocycles. The first kappa shape index (κ1) is 41.5. The van der Waals surface area contributed by atoms with Crippen molar-refractivity contribution in [3.05, 3.63) is 0 Å². The van der Waals surface area contributed by atoms with E-state index in [-0.39, 0.29) is 17.5 Å². The van der Waals surface area contributed by atoms with E-state index < -0.39 is 0 Å². The maximum atomic E-state index is 13.5. The van der Waals surface area contributed by atoms with Crippen LogP contribution in [0.25, 0.3) is 0 Å². The van der Waals surface area contributed by atoms with Gasteiger partial charge < -0.3 is 10.1 Å². The molecule has 1 aliphatic rings. The summed E-state index contributed by atoms with van der Waals surface area (Å²) in [6.07, 6.45) is 41.7. The first-order chi connectivity index (χ1) is 21.5. The summed E-state index contributed by atoms with van der Waals surface area (Å²) in [5, 5.41) is 2.40. The van der Waals surface area contributed by atoms with E-state index in [0.29, 0.717) is 5.92 Å². The standard InChI is InChI=1S/C41H81NO2/c1-5-7-9-11-13-15-17-19-21-23-25-27-29-31-33-38(40(43)44-41(3,4)39-34-36-42-37-35-39)32-30-28-26-24-22-20-18-16-14-12-10-8-6-2/h38-39,42H,5-37H2,1-4H3/p+1. The van der Waals surface area contributed by atoms with Crippen molar-refractivity contribution in [2.24, 2.45) is 11.8 Å². The summed E-state index contributed by atoms with van der Waals surface area (Å²) in [6, 6.07) is 0. The Bertz CT molecular complexity index is 612. The van der Waals surface area contributed by atoms with E-state index in [0.717, 1.165) is 12.8 Å². The number of nitrogens with two attached hydrogens (primary N) is 1. The fourth-order valence-electron chi connectivity index (χ4n) is 7.42. The smallest absolute Gasteiger partial charge is 0.309 e. The molecule has 1 saturated heterocycles. The molecule has 0 aromatic carbocycles. The van der Waals surface area contributed by atoms with Crippen molar-refractivity contribution in [1.82, 2.24) is 0 Å². The van der Waals surface area contributed by atoms with E-state index in [2.05, 4.69) is 33.0 Å². The Kier molecular flexibility index (Phi) is 28.1. The van der Waals surface area contributed by atoms with E-state index >= 15 is 0 Å². The molecule has 0 bridgehead atoms. The zero-order valence-electron chi connectivity index (χ0n) is 30.9. The molecule has 44 heavy (non-hydrogen) atoms. The van der Waals surface area contributed by atoms with Crippen molar-refractivity contribution in [1.29, 1.82) is 0 Å². The molecule has 3 nitrogen and oxygen atoms in total. The molecule has 1 atom stereocenters. The second-order valence-corrected chi connectivity index (χ2v) is 15.3. The lowest BCUT2D eigenvalue weighted by molar-refractivity contribution is -0.665. The van der Waals surface area contributed by atoms with Crippen LogP contribution in [0.2, 0.25) is 0 Å². The Hall–Kier alpha value is -0.570. The third-order valence-corrected chi connectivity index (χ3v) is 10.7. The fraction of sp³-hybridized carbons (Fsp3) is 0.976. The number of piperidine rings is 1. The lowest BCUT2D eigenvalue weighted by Gasteiger charge is -2.36. The molecule has 1 fully saturated rings. The van der Waals surface area contributed by atoms with E-state index in [1.165, 1.54) is 199 Å². The molecule has 1 heterocycles. The Morgan fingerprint density at radius 1 is 0.545 bits per heavy atom. The van der Waals surface area contributed by atoms with Crippen LogP contribution in [0.5, 0.6) is 0 Å². The van der Waals surface area contributed by atoms with Crippen LogP contribution in [0.1, 0.15) is 227 Å². The maximum Gasteiger partial charge on any atom is 0.309 e. The van der Waals surface area contributed by atoms with Crippen LogP contribution < -0.4 is 5.32 Å². The number of hydrogen-bond donors (Lipinski definition) is 1. The van der Waals surface area contributed by atoms with Gasteiger partial charge in [0.25, 0.3) is 0 Å². The SMILES string of the molecule is CCCCCCCCCCCCCCCCC(CCCCCCCCCCCCCCC)C(=O)OC(C)(C)C1CC[NH2+]CC1. The van der Waals surface area contributed by atoms with E-state index in [1.807, 2.05) is 0 Å². The molecule has 0 aromatic rings. The molecule has 2 N–H and O–H groups in total. The summed E-state index contributed by atoms with van der Waals surface area (Å²) in [5.41, 5.74) is -0.324. The van der Waals surface area contributed by atoms with Gasteiger partial charge in [0.05, 0.1) is 19.0 Å². The van der Waals surface area contributed by atoms with Gasteiger partial charge in [0.15, 0.2) is 0 Å². The molecular formula is C41H82NO2+. The minimum Gasteiger partial charge on any atom is -0.459 e. The lowest BCUT2D eigenvalue weighted by Crippen LogP contribution is -2.86. The highest BCUT2D eigenvalue weighted by Crippen LogP contribution is 2.31. The zero-order chi connectivity index (χ0) is 32.0. The normalized spacial score (nSPS) is 15.1. The molecule has 1 unspecified atom stereocenters. The number of hydrogen-bond acceptors (Lipinski definition) is 2. The second kappa shape index (κ2) is 29.8. The van der Waals surface area contributed by atoms with Crippen molar-refractivity contribution in [2.45, 2.75) is 232 Å². The van der Waals surface area contributed by atoms with Gasteiger partial charge in [-0.25, -0.2) is 0 Å². The number of rotatable bonds is 32. The van der Waals surface area contributed by atoms with Gasteiger partial charge >= 0.3 is 5.97 Å². The first-order valence-corrected chi connectivity index (χ1v) is 20.6. The van der Waals surface area contributed by atoms with Gasteiger partial charge in [0.1, 0.15) is 5.60 Å². The van der Waals surface area contributed by atoms with Crippen molar-refractivity contribution >= 4 is 5.97 Å². The van der Waals surface area contributed by atoms with Crippen LogP contribution in [0.4, 0.5) is 0 Å². The van der Waals surface area contributed by atoms with Gasteiger partial charge in [-0.15, -0.1) is 0 Å². The molecule has 262 valence electrons. The van der Waals surface area contributed by atoms with Crippen LogP contribution >= 0.6 is 0 Å². The molecular weight excluding hydrogens is 538 g/mol. The van der Waals surface area contributed by atoms with E-state index in [4.69, 9.17) is 4.74 Å². The third kappa shape index (κ3) is 23.7. The average molecular weight is 621 g/mol. The fourth-order valence-corrected chi connectivity index (χ4v) is 7.42. The number of unbranched alkanes of at least 4 members (excludes halogenated alkanes) is 25. The molecule has 0 saturated carbocycles. The van der Waals surface area contributed by atoms with Gasteiger partial charge in [0.2, 0.25) is 0 Å². The summed E-state index contributed by atoms with van der Waals surface area (Å²) in [7, 11) is 0. The second-order valence-electron chi connectivity index (χ2n) is 15.3. The highest BCUT2D eigenvalue weighted by molar-refractivity contribution is 5.72. The molecule has 0 amide bonds. The van der Waals surface area contributed by atoms with E-state index in [1.54, 1.807) is 0 Å². The molecule has 0 aliphatic carbocycles. The quantitative estimate of drug-likeness (QED) is 0.0600. The number of esters is 1. The Morgan fingerprint density at radius 3 is 1.16 bits per heavy atom. The highest BCUT2D eigenvalue weighted by Gasteiger charge is 2.36. The Morgan fingerprint density at radius 2 is 0.841 bits per heavy atom. The predicted molar refractivity (Wildman–Crippen MR) is 193 cm³/mol. The van der Waals surface area contributed by atoms with Gasteiger partial charge in [-0.1, -0.05) is 187 Å². The maximum absolute atomic E-state index is 13.5. The third-order valence-electron chi connectivity index (χ3n) is 10.7. The number of ether oxygens (including phenoxy) is 1. The van der Waals surface area contributed by atoms with Crippen LogP contribution in [-0.2, 0) is 9.53 Å². The van der Waals surface area contributed by atoms with Crippen LogP contribution in [0.15, 0.2) is 0 Å². The highest BCUT2D eigenvalue weighted by atomic mass is 16.6. The van der Waals surface area contributed by atoms with Gasteiger partial charge in [-0.2, -0.15) is 0 Å². The van der Waals surface area contributed by atoms with Crippen LogP contribution in [-0.4, -0.2) is 24.7 Å². The van der Waals surface area contributed by atoms with Gasteiger partial charge in [-0.3, -0.25) is 4.79 Å². The number of carbonyl (C=O) groups is 1. The average Bonchev–Trinajstić information content (AvgIpc) is 3.02. The van der Waals surface area contributed by atoms with Crippen molar-refractivity contribution < 1.29 is 14.8 Å². The van der Waals surface area contributed by atoms with Gasteiger partial charge in [-0.05, 0) is 26.7 Å². The topological polar surface area (TPSA) is 42.9 Å². The number of quaternary nitrogens is 1. The Labute approximate surface area is 277 Å². The lowest BCUT2D eigenvalue weighted by atomic mass is 9.83. The Balaban J connectivity index is 2.24. The minimum atomic E-state index is -0.324. The molecule has 0 spiro atoms. The van der Waals surface area contributed by atoms with Crippen molar-refractivity contribution in [3.63, 3.8) is 0 Å². The summed E-state index contributed by atoms with van der Waals surface area (Å²) in [6.45, 7) is 11.3. The predicted octanol–water partition coefficient (Wildman–Crippen LogP) is 12.3. The first-order valence-electron chi connectivity index (χ1n) is 20.6.